The van der Waals surface area contributed by atoms with E-state index in [9.17, 15) is 13.6 Å². The van der Waals surface area contributed by atoms with Gasteiger partial charge in [0.2, 0.25) is 11.6 Å². The number of rotatable bonds is 8. The summed E-state index contributed by atoms with van der Waals surface area (Å²) in [5.74, 6) is 0.412. The molecule has 0 aromatic heterocycles. The van der Waals surface area contributed by atoms with Crippen molar-refractivity contribution in [3.8, 4) is 28.7 Å². The van der Waals surface area contributed by atoms with E-state index in [1.165, 1.54) is 52.7 Å². The maximum atomic E-state index is 12.5. The Kier molecular flexibility index (Phi) is 6.58. The quantitative estimate of drug-likeness (QED) is 0.462. The first kappa shape index (κ1) is 21.9. The van der Waals surface area contributed by atoms with E-state index in [0.29, 0.717) is 28.4 Å². The minimum Gasteiger partial charge on any atom is -0.493 e. The molecule has 0 atom stereocenters. The average molecular weight is 435 g/mol. The summed E-state index contributed by atoms with van der Waals surface area (Å²) >= 11 is 0. The number of carbonyl (C=O) groups excluding carboxylic acids is 1. The fourth-order valence-corrected chi connectivity index (χ4v) is 2.87. The third-order valence-electron chi connectivity index (χ3n) is 4.24. The summed E-state index contributed by atoms with van der Waals surface area (Å²) in [5, 5.41) is 0. The van der Waals surface area contributed by atoms with Gasteiger partial charge in [0.05, 0.1) is 28.4 Å². The summed E-state index contributed by atoms with van der Waals surface area (Å²) in [6.07, 6.45) is 1.49. The van der Waals surface area contributed by atoms with Crippen molar-refractivity contribution < 1.29 is 42.0 Å². The molecule has 0 saturated heterocycles. The highest BCUT2D eigenvalue weighted by Crippen LogP contribution is 2.39. The molecule has 0 unspecified atom stereocenters. The number of nitrogens with zero attached hydrogens (tertiary/aromatic N) is 1. The summed E-state index contributed by atoms with van der Waals surface area (Å²) in [6.45, 7) is -3.01. The number of benzene rings is 2. The van der Waals surface area contributed by atoms with Crippen LogP contribution in [0.25, 0.3) is 6.08 Å². The van der Waals surface area contributed by atoms with Crippen molar-refractivity contribution in [2.45, 2.75) is 6.61 Å². The standard InChI is InChI=1S/C21H19F2NO7/c1-26-15-10-12(5-6-14(15)30-21(22)23)19-24-13(20(25)31-19)7-11-8-16(27-2)18(29-4)17(9-11)28-3/h5-10,21H,1-4H3/b13-7+. The molecule has 3 rings (SSSR count). The summed E-state index contributed by atoms with van der Waals surface area (Å²) < 4.78 is 55.5. The smallest absolute Gasteiger partial charge is 0.387 e. The Labute approximate surface area is 176 Å². The van der Waals surface area contributed by atoms with E-state index in [-0.39, 0.29) is 23.1 Å². The molecule has 31 heavy (non-hydrogen) atoms. The van der Waals surface area contributed by atoms with Crippen LogP contribution in [-0.2, 0) is 9.53 Å². The number of esters is 1. The van der Waals surface area contributed by atoms with Gasteiger partial charge < -0.3 is 28.4 Å². The summed E-state index contributed by atoms with van der Waals surface area (Å²) in [4.78, 5) is 16.5. The Morgan fingerprint density at radius 3 is 2.10 bits per heavy atom. The molecule has 0 saturated carbocycles. The van der Waals surface area contributed by atoms with Crippen LogP contribution in [0.3, 0.4) is 0 Å². The van der Waals surface area contributed by atoms with Crippen molar-refractivity contribution in [1.29, 1.82) is 0 Å². The van der Waals surface area contributed by atoms with Gasteiger partial charge in [0.25, 0.3) is 0 Å². The molecular weight excluding hydrogens is 416 g/mol. The highest BCUT2D eigenvalue weighted by Gasteiger charge is 2.26. The molecule has 0 aliphatic carbocycles. The van der Waals surface area contributed by atoms with Crippen molar-refractivity contribution in [3.63, 3.8) is 0 Å². The fraction of sp³-hybridized carbons (Fsp3) is 0.238. The first-order valence-electron chi connectivity index (χ1n) is 8.86. The number of hydrogen-bond donors (Lipinski definition) is 0. The summed E-state index contributed by atoms with van der Waals surface area (Å²) in [5.41, 5.74) is 0.931. The molecule has 2 aromatic carbocycles. The second kappa shape index (κ2) is 9.33. The molecule has 0 bridgehead atoms. The van der Waals surface area contributed by atoms with E-state index in [4.69, 9.17) is 23.7 Å². The minimum absolute atomic E-state index is 0.00871. The molecule has 0 amide bonds. The van der Waals surface area contributed by atoms with Crippen molar-refractivity contribution in [2.75, 3.05) is 28.4 Å². The minimum atomic E-state index is -3.01. The normalized spacial score (nSPS) is 14.4. The first-order chi connectivity index (χ1) is 14.9. The molecular formula is C21H19F2NO7. The Bertz CT molecular complexity index is 1030. The average Bonchev–Trinajstić information content (AvgIpc) is 3.12. The summed E-state index contributed by atoms with van der Waals surface area (Å²) in [7, 11) is 5.73. The van der Waals surface area contributed by atoms with E-state index in [1.54, 1.807) is 12.1 Å². The van der Waals surface area contributed by atoms with Gasteiger partial charge in [-0.05, 0) is 42.0 Å². The third-order valence-corrected chi connectivity index (χ3v) is 4.24. The number of hydrogen-bond acceptors (Lipinski definition) is 8. The van der Waals surface area contributed by atoms with Gasteiger partial charge in [-0.3, -0.25) is 0 Å². The van der Waals surface area contributed by atoms with E-state index in [0.717, 1.165) is 0 Å². The van der Waals surface area contributed by atoms with Gasteiger partial charge >= 0.3 is 12.6 Å². The van der Waals surface area contributed by atoms with Crippen LogP contribution < -0.4 is 23.7 Å². The van der Waals surface area contributed by atoms with E-state index < -0.39 is 12.6 Å². The van der Waals surface area contributed by atoms with Crippen LogP contribution in [0.1, 0.15) is 11.1 Å². The Balaban J connectivity index is 1.96. The number of halogens is 2. The van der Waals surface area contributed by atoms with Gasteiger partial charge in [0.15, 0.2) is 28.7 Å². The molecule has 2 aromatic rings. The lowest BCUT2D eigenvalue weighted by molar-refractivity contribution is -0.129. The maximum Gasteiger partial charge on any atom is 0.387 e. The largest absolute Gasteiger partial charge is 0.493 e. The highest BCUT2D eigenvalue weighted by molar-refractivity contribution is 6.13. The van der Waals surface area contributed by atoms with Crippen molar-refractivity contribution in [3.05, 3.63) is 47.2 Å². The Morgan fingerprint density at radius 2 is 1.55 bits per heavy atom. The number of methoxy groups -OCH3 is 4. The number of carbonyl (C=O) groups is 1. The monoisotopic (exact) mass is 435 g/mol. The zero-order valence-electron chi connectivity index (χ0n) is 17.1. The number of alkyl halides is 2. The molecule has 0 N–H and O–H groups in total. The first-order valence-corrected chi connectivity index (χ1v) is 8.86. The molecule has 8 nitrogen and oxygen atoms in total. The van der Waals surface area contributed by atoms with Gasteiger partial charge in [-0.15, -0.1) is 0 Å². The second-order valence-corrected chi connectivity index (χ2v) is 6.04. The lowest BCUT2D eigenvalue weighted by Gasteiger charge is -2.12. The van der Waals surface area contributed by atoms with Gasteiger partial charge in [-0.25, -0.2) is 9.79 Å². The van der Waals surface area contributed by atoms with E-state index >= 15 is 0 Å². The van der Waals surface area contributed by atoms with Crippen molar-refractivity contribution in [1.82, 2.24) is 0 Å². The molecule has 1 heterocycles. The lowest BCUT2D eigenvalue weighted by Crippen LogP contribution is -2.07. The number of aliphatic imine (C=N–C) groups is 1. The zero-order valence-corrected chi connectivity index (χ0v) is 17.1. The van der Waals surface area contributed by atoms with Gasteiger partial charge in [-0.1, -0.05) is 0 Å². The SMILES string of the molecule is COc1cc(C2=N/C(=C/c3cc(OC)c(OC)c(OC)c3)C(=O)O2)ccc1OC(F)F. The second-order valence-electron chi connectivity index (χ2n) is 6.04. The number of ether oxygens (including phenoxy) is 6. The van der Waals surface area contributed by atoms with Crippen LogP contribution >= 0.6 is 0 Å². The predicted molar refractivity (Wildman–Crippen MR) is 106 cm³/mol. The molecule has 164 valence electrons. The molecule has 10 heteroatoms. The van der Waals surface area contributed by atoms with Gasteiger partial charge in [-0.2, -0.15) is 8.78 Å². The van der Waals surface area contributed by atoms with Crippen molar-refractivity contribution in [2.24, 2.45) is 4.99 Å². The third kappa shape index (κ3) is 4.68. The summed E-state index contributed by atoms with van der Waals surface area (Å²) in [6, 6.07) is 7.38. The Morgan fingerprint density at radius 1 is 0.903 bits per heavy atom. The Hall–Kier alpha value is -3.82. The fourth-order valence-electron chi connectivity index (χ4n) is 2.87. The highest BCUT2D eigenvalue weighted by atomic mass is 19.3. The van der Waals surface area contributed by atoms with E-state index in [2.05, 4.69) is 9.73 Å². The lowest BCUT2D eigenvalue weighted by atomic mass is 10.1. The molecule has 0 spiro atoms. The van der Waals surface area contributed by atoms with E-state index in [1.807, 2.05) is 0 Å². The molecule has 0 fully saturated rings. The zero-order chi connectivity index (χ0) is 22.5. The van der Waals surface area contributed by atoms with Crippen LogP contribution in [0, 0.1) is 0 Å². The van der Waals surface area contributed by atoms with Crippen LogP contribution in [0.5, 0.6) is 28.7 Å². The molecule has 1 aliphatic heterocycles. The van der Waals surface area contributed by atoms with Crippen molar-refractivity contribution >= 4 is 17.9 Å². The maximum absolute atomic E-state index is 12.5. The molecule has 1 aliphatic rings. The van der Waals surface area contributed by atoms with Crippen LogP contribution in [0.15, 0.2) is 41.0 Å². The van der Waals surface area contributed by atoms with Crippen LogP contribution in [0.4, 0.5) is 8.78 Å². The topological polar surface area (TPSA) is 84.8 Å². The van der Waals surface area contributed by atoms with Gasteiger partial charge in [0, 0.05) is 5.56 Å². The number of cyclic esters (lactones) is 1. The van der Waals surface area contributed by atoms with Crippen LogP contribution in [0.2, 0.25) is 0 Å². The van der Waals surface area contributed by atoms with Crippen LogP contribution in [-0.4, -0.2) is 46.9 Å². The van der Waals surface area contributed by atoms with Gasteiger partial charge in [0.1, 0.15) is 0 Å². The molecule has 0 radical (unpaired) electrons. The predicted octanol–water partition coefficient (Wildman–Crippen LogP) is 3.67.